The molecular weight excluding hydrogens is 553 g/mol. The Morgan fingerprint density at radius 1 is 0.722 bits per heavy atom. The largest absolute Gasteiger partial charge is 1.00 e. The van der Waals surface area contributed by atoms with Crippen molar-refractivity contribution in [2.24, 2.45) is 0 Å². The SMILES string of the molecule is C[NH+](C)c1ccc(C(Nc2ccc(Br)cc2)=[NH+]C(Cc2ccccc2)Cc2ccccc2)cc1.[Cl-].[Cl-]. The van der Waals surface area contributed by atoms with Crippen LogP contribution in [-0.2, 0) is 12.8 Å². The zero-order valence-electron chi connectivity index (χ0n) is 20.5. The number of halogens is 3. The Morgan fingerprint density at radius 2 is 1.22 bits per heavy atom. The summed E-state index contributed by atoms with van der Waals surface area (Å²) in [5.41, 5.74) is 6.10. The Morgan fingerprint density at radius 3 is 1.69 bits per heavy atom. The molecule has 0 aromatic heterocycles. The van der Waals surface area contributed by atoms with Gasteiger partial charge in [-0.3, -0.25) is 4.99 Å². The molecule has 0 fully saturated rings. The van der Waals surface area contributed by atoms with Gasteiger partial charge in [-0.1, -0.05) is 76.6 Å². The van der Waals surface area contributed by atoms with Gasteiger partial charge in [-0.2, -0.15) is 0 Å². The van der Waals surface area contributed by atoms with Crippen molar-refractivity contribution in [1.82, 2.24) is 0 Å². The average Bonchev–Trinajstić information content (AvgIpc) is 2.86. The summed E-state index contributed by atoms with van der Waals surface area (Å²) in [6.45, 7) is 0. The van der Waals surface area contributed by atoms with E-state index >= 15 is 0 Å². The summed E-state index contributed by atoms with van der Waals surface area (Å²) in [5.74, 6) is 1.01. The van der Waals surface area contributed by atoms with Crippen molar-refractivity contribution in [3.05, 3.63) is 130 Å². The fraction of sp³-hybridized carbons (Fsp3) is 0.167. The van der Waals surface area contributed by atoms with Crippen LogP contribution in [0.1, 0.15) is 16.7 Å². The van der Waals surface area contributed by atoms with Gasteiger partial charge in [0.1, 0.15) is 17.4 Å². The van der Waals surface area contributed by atoms with Gasteiger partial charge in [0.2, 0.25) is 0 Å². The number of hydrogen-bond donors (Lipinski definition) is 3. The second-order valence-corrected chi connectivity index (χ2v) is 9.72. The highest BCUT2D eigenvalue weighted by Crippen LogP contribution is 2.15. The van der Waals surface area contributed by atoms with Crippen LogP contribution in [0.25, 0.3) is 0 Å². The van der Waals surface area contributed by atoms with Crippen molar-refractivity contribution < 1.29 is 34.7 Å². The van der Waals surface area contributed by atoms with Crippen molar-refractivity contribution in [2.45, 2.75) is 18.9 Å². The van der Waals surface area contributed by atoms with Gasteiger partial charge in [0.05, 0.1) is 19.7 Å². The Bertz CT molecular complexity index is 1160. The quantitative estimate of drug-likeness (QED) is 0.163. The fourth-order valence-electron chi connectivity index (χ4n) is 4.01. The van der Waals surface area contributed by atoms with Crippen LogP contribution in [0.15, 0.2) is 114 Å². The summed E-state index contributed by atoms with van der Waals surface area (Å²) < 4.78 is 1.07. The van der Waals surface area contributed by atoms with Gasteiger partial charge in [0.25, 0.3) is 5.84 Å². The molecule has 4 aromatic carbocycles. The molecule has 0 aliphatic rings. The van der Waals surface area contributed by atoms with Gasteiger partial charge in [-0.15, -0.1) is 0 Å². The molecule has 0 atom stereocenters. The van der Waals surface area contributed by atoms with Crippen molar-refractivity contribution in [3.63, 3.8) is 0 Å². The number of rotatable bonds is 8. The van der Waals surface area contributed by atoms with E-state index < -0.39 is 0 Å². The Kier molecular flexibility index (Phi) is 12.2. The second kappa shape index (κ2) is 14.8. The van der Waals surface area contributed by atoms with Crippen molar-refractivity contribution in [3.8, 4) is 0 Å². The van der Waals surface area contributed by atoms with E-state index in [1.54, 1.807) is 0 Å². The van der Waals surface area contributed by atoms with Crippen LogP contribution in [0.5, 0.6) is 0 Å². The molecule has 0 spiro atoms. The molecule has 0 unspecified atom stereocenters. The van der Waals surface area contributed by atoms with Gasteiger partial charge in [0.15, 0.2) is 0 Å². The molecule has 0 amide bonds. The van der Waals surface area contributed by atoms with Crippen LogP contribution in [0, 0.1) is 0 Å². The van der Waals surface area contributed by atoms with Crippen LogP contribution in [0.2, 0.25) is 0 Å². The van der Waals surface area contributed by atoms with E-state index in [0.717, 1.165) is 34.4 Å². The summed E-state index contributed by atoms with van der Waals surface area (Å²) >= 11 is 3.54. The molecule has 0 saturated heterocycles. The number of hydrogen-bond acceptors (Lipinski definition) is 0. The number of benzene rings is 4. The molecule has 0 aliphatic heterocycles. The Labute approximate surface area is 235 Å². The average molecular weight is 585 g/mol. The van der Waals surface area contributed by atoms with Gasteiger partial charge in [0, 0.05) is 17.3 Å². The predicted molar refractivity (Wildman–Crippen MR) is 146 cm³/mol. The number of amidine groups is 1. The molecule has 0 aliphatic carbocycles. The van der Waals surface area contributed by atoms with Gasteiger partial charge < -0.3 is 29.7 Å². The van der Waals surface area contributed by atoms with E-state index in [1.165, 1.54) is 21.7 Å². The molecule has 4 aromatic rings. The van der Waals surface area contributed by atoms with E-state index in [4.69, 9.17) is 0 Å². The van der Waals surface area contributed by atoms with Crippen LogP contribution < -0.4 is 40.0 Å². The highest BCUT2D eigenvalue weighted by Gasteiger charge is 2.18. The van der Waals surface area contributed by atoms with Crippen molar-refractivity contribution in [2.75, 3.05) is 19.4 Å². The first kappa shape index (κ1) is 29.6. The van der Waals surface area contributed by atoms with Crippen LogP contribution in [0.4, 0.5) is 11.4 Å². The van der Waals surface area contributed by atoms with E-state index in [1.807, 2.05) is 0 Å². The minimum absolute atomic E-state index is 0. The molecular formula is C30H32BrCl2N3. The lowest BCUT2D eigenvalue weighted by Gasteiger charge is -2.14. The molecule has 0 bridgehead atoms. The lowest BCUT2D eigenvalue weighted by Crippen LogP contribution is -3.00. The first-order chi connectivity index (χ1) is 16.6. The minimum Gasteiger partial charge on any atom is -1.00 e. The zero-order valence-corrected chi connectivity index (χ0v) is 23.6. The smallest absolute Gasteiger partial charge is 0.280 e. The summed E-state index contributed by atoms with van der Waals surface area (Å²) in [4.78, 5) is 5.18. The second-order valence-electron chi connectivity index (χ2n) is 8.80. The topological polar surface area (TPSA) is 30.4 Å². The van der Waals surface area contributed by atoms with Gasteiger partial charge in [-0.05, 0) is 59.7 Å². The molecule has 188 valence electrons. The number of anilines is 1. The fourth-order valence-corrected chi connectivity index (χ4v) is 4.28. The highest BCUT2D eigenvalue weighted by molar-refractivity contribution is 9.10. The van der Waals surface area contributed by atoms with Crippen molar-refractivity contribution in [1.29, 1.82) is 0 Å². The predicted octanol–water partition coefficient (Wildman–Crippen LogP) is -1.97. The van der Waals surface area contributed by atoms with E-state index in [0.29, 0.717) is 0 Å². The molecule has 0 radical (unpaired) electrons. The van der Waals surface area contributed by atoms with Crippen LogP contribution in [0.3, 0.4) is 0 Å². The molecule has 4 rings (SSSR count). The van der Waals surface area contributed by atoms with Gasteiger partial charge >= 0.3 is 0 Å². The zero-order chi connectivity index (χ0) is 23.8. The molecule has 3 N–H and O–H groups in total. The molecule has 36 heavy (non-hydrogen) atoms. The summed E-state index contributed by atoms with van der Waals surface area (Å²) in [7, 11) is 4.29. The van der Waals surface area contributed by atoms with E-state index in [9.17, 15) is 0 Å². The maximum atomic E-state index is 3.87. The Balaban J connectivity index is 0.00000228. The van der Waals surface area contributed by atoms with E-state index in [2.05, 4.69) is 150 Å². The lowest BCUT2D eigenvalue weighted by atomic mass is 9.99. The van der Waals surface area contributed by atoms with E-state index in [-0.39, 0.29) is 30.9 Å². The molecule has 0 heterocycles. The maximum Gasteiger partial charge on any atom is 0.280 e. The lowest BCUT2D eigenvalue weighted by molar-refractivity contribution is -0.786. The summed E-state index contributed by atoms with van der Waals surface area (Å²) in [5, 5.41) is 3.65. The number of nitrogens with one attached hydrogen (secondary N) is 3. The van der Waals surface area contributed by atoms with Crippen molar-refractivity contribution >= 4 is 33.1 Å². The third-order valence-electron chi connectivity index (χ3n) is 5.86. The third kappa shape index (κ3) is 8.79. The minimum atomic E-state index is 0. The maximum absolute atomic E-state index is 3.87. The molecule has 6 heteroatoms. The molecule has 0 saturated carbocycles. The molecule has 3 nitrogen and oxygen atoms in total. The highest BCUT2D eigenvalue weighted by atomic mass is 79.9. The van der Waals surface area contributed by atoms with Crippen LogP contribution in [-0.4, -0.2) is 26.0 Å². The standard InChI is InChI=1S/C30H30BrN3.2ClH/c1-34(2)29-19-13-25(14-20-29)30(32-27-17-15-26(31)16-18-27)33-28(21-23-9-5-3-6-10-23)22-24-11-7-4-8-12-24;;/h3-20,28H,21-22H2,1-2H3,(H,32,33);2*1H. The summed E-state index contributed by atoms with van der Waals surface area (Å²) in [6, 6.07) is 38.7. The first-order valence-electron chi connectivity index (χ1n) is 11.7. The third-order valence-corrected chi connectivity index (χ3v) is 6.39. The monoisotopic (exact) mass is 583 g/mol. The van der Waals surface area contributed by atoms with Crippen LogP contribution >= 0.6 is 15.9 Å². The normalized spacial score (nSPS) is 11.1. The number of quaternary nitrogens is 1. The van der Waals surface area contributed by atoms with Gasteiger partial charge in [-0.25, -0.2) is 5.32 Å². The first-order valence-corrected chi connectivity index (χ1v) is 12.5. The Hall–Kier alpha value is -2.63. The summed E-state index contributed by atoms with van der Waals surface area (Å²) in [6.07, 6.45) is 1.86.